The summed E-state index contributed by atoms with van der Waals surface area (Å²) >= 11 is 8.04. The summed E-state index contributed by atoms with van der Waals surface area (Å²) in [6.07, 6.45) is 1.81. The van der Waals surface area contributed by atoms with Crippen molar-refractivity contribution in [2.24, 2.45) is 7.05 Å². The third-order valence-electron chi connectivity index (χ3n) is 2.75. The van der Waals surface area contributed by atoms with Crippen LogP contribution in [0.25, 0.3) is 0 Å². The maximum Gasteiger partial charge on any atom is 0.0856 e. The fourth-order valence-corrected chi connectivity index (χ4v) is 3.24. The van der Waals surface area contributed by atoms with Crippen molar-refractivity contribution >= 4 is 22.9 Å². The summed E-state index contributed by atoms with van der Waals surface area (Å²) in [5.74, 6) is 0. The average molecular weight is 270 g/mol. The van der Waals surface area contributed by atoms with Crippen LogP contribution in [0.4, 0.5) is 0 Å². The molecule has 0 aliphatic heterocycles. The first kappa shape index (κ1) is 12.6. The summed E-state index contributed by atoms with van der Waals surface area (Å²) in [4.78, 5) is 1.16. The van der Waals surface area contributed by atoms with E-state index in [9.17, 15) is 0 Å². The fraction of sp³-hybridized carbons (Fsp3) is 0.417. The van der Waals surface area contributed by atoms with Gasteiger partial charge in [0.2, 0.25) is 0 Å². The van der Waals surface area contributed by atoms with Crippen molar-refractivity contribution in [1.82, 2.24) is 15.1 Å². The number of halogens is 1. The number of nitrogens with one attached hydrogen (secondary N) is 1. The van der Waals surface area contributed by atoms with Crippen molar-refractivity contribution in [1.29, 1.82) is 0 Å². The molecule has 3 nitrogen and oxygen atoms in total. The van der Waals surface area contributed by atoms with Crippen molar-refractivity contribution in [2.75, 3.05) is 6.54 Å². The Bertz CT molecular complexity index is 504. The van der Waals surface area contributed by atoms with Gasteiger partial charge in [-0.25, -0.2) is 0 Å². The summed E-state index contributed by atoms with van der Waals surface area (Å²) in [5.41, 5.74) is 2.27. The van der Waals surface area contributed by atoms with E-state index in [2.05, 4.69) is 22.7 Å². The molecule has 2 aromatic heterocycles. The van der Waals surface area contributed by atoms with E-state index in [0.717, 1.165) is 27.7 Å². The first-order valence-corrected chi connectivity index (χ1v) is 6.85. The van der Waals surface area contributed by atoms with E-state index in [-0.39, 0.29) is 6.04 Å². The molecular weight excluding hydrogens is 254 g/mol. The molecule has 2 rings (SSSR count). The Morgan fingerprint density at radius 1 is 1.59 bits per heavy atom. The van der Waals surface area contributed by atoms with E-state index >= 15 is 0 Å². The lowest BCUT2D eigenvalue weighted by atomic mass is 10.1. The van der Waals surface area contributed by atoms with Crippen LogP contribution in [0.5, 0.6) is 0 Å². The minimum atomic E-state index is 0.124. The number of nitrogens with zero attached hydrogens (tertiary/aromatic N) is 2. The van der Waals surface area contributed by atoms with Gasteiger partial charge in [-0.15, -0.1) is 11.3 Å². The molecule has 0 spiro atoms. The maximum absolute atomic E-state index is 6.35. The zero-order chi connectivity index (χ0) is 12.4. The van der Waals surface area contributed by atoms with E-state index in [4.69, 9.17) is 11.6 Å². The van der Waals surface area contributed by atoms with Gasteiger partial charge in [0.15, 0.2) is 0 Å². The lowest BCUT2D eigenvalue weighted by molar-refractivity contribution is 0.579. The Balaban J connectivity index is 2.43. The Hall–Kier alpha value is -0.840. The predicted molar refractivity (Wildman–Crippen MR) is 72.8 cm³/mol. The Morgan fingerprint density at radius 3 is 2.82 bits per heavy atom. The molecule has 1 unspecified atom stereocenters. The van der Waals surface area contributed by atoms with Crippen molar-refractivity contribution < 1.29 is 0 Å². The van der Waals surface area contributed by atoms with E-state index in [1.54, 1.807) is 11.3 Å². The fourth-order valence-electron chi connectivity index (χ4n) is 1.85. The van der Waals surface area contributed by atoms with E-state index in [1.165, 1.54) is 0 Å². The Labute approximate surface area is 110 Å². The lowest BCUT2D eigenvalue weighted by Gasteiger charge is -2.17. The first-order valence-electron chi connectivity index (χ1n) is 5.60. The second kappa shape index (κ2) is 5.21. The average Bonchev–Trinajstić information content (AvgIpc) is 2.85. The van der Waals surface area contributed by atoms with Crippen LogP contribution in [0.1, 0.15) is 29.1 Å². The number of hydrogen-bond acceptors (Lipinski definition) is 3. The molecule has 0 radical (unpaired) electrons. The van der Waals surface area contributed by atoms with Crippen molar-refractivity contribution in [3.8, 4) is 0 Å². The van der Waals surface area contributed by atoms with Crippen LogP contribution < -0.4 is 5.32 Å². The van der Waals surface area contributed by atoms with Crippen LogP contribution >= 0.6 is 22.9 Å². The van der Waals surface area contributed by atoms with Gasteiger partial charge in [-0.05, 0) is 30.5 Å². The molecule has 0 amide bonds. The third kappa shape index (κ3) is 2.39. The van der Waals surface area contributed by atoms with Crippen molar-refractivity contribution in [2.45, 2.75) is 19.9 Å². The van der Waals surface area contributed by atoms with Crippen LogP contribution in [0, 0.1) is 6.92 Å². The lowest BCUT2D eigenvalue weighted by Crippen LogP contribution is -2.23. The summed E-state index contributed by atoms with van der Waals surface area (Å²) in [6, 6.07) is 2.15. The zero-order valence-corrected chi connectivity index (χ0v) is 11.8. The quantitative estimate of drug-likeness (QED) is 0.924. The predicted octanol–water partition coefficient (Wildman–Crippen LogP) is 3.14. The molecule has 5 heteroatoms. The standard InChI is InChI=1S/C12H16ClN3S/c1-4-14-11(9-5-6-15-16(9)3)12-10(13)8(2)7-17-12/h5-7,11,14H,4H2,1-3H3. The minimum absolute atomic E-state index is 0.124. The topological polar surface area (TPSA) is 29.9 Å². The van der Waals surface area contributed by atoms with Crippen molar-refractivity contribution in [3.63, 3.8) is 0 Å². The molecule has 1 N–H and O–H groups in total. The summed E-state index contributed by atoms with van der Waals surface area (Å²) < 4.78 is 1.89. The molecule has 92 valence electrons. The van der Waals surface area contributed by atoms with Crippen LogP contribution in [-0.2, 0) is 7.05 Å². The highest BCUT2D eigenvalue weighted by Crippen LogP contribution is 2.35. The molecule has 2 aromatic rings. The molecule has 0 bridgehead atoms. The van der Waals surface area contributed by atoms with E-state index in [1.807, 2.05) is 30.9 Å². The third-order valence-corrected chi connectivity index (χ3v) is 4.53. The number of hydrogen-bond donors (Lipinski definition) is 1. The Kier molecular flexibility index (Phi) is 3.86. The highest BCUT2D eigenvalue weighted by Gasteiger charge is 2.21. The van der Waals surface area contributed by atoms with Crippen LogP contribution in [-0.4, -0.2) is 16.3 Å². The highest BCUT2D eigenvalue weighted by atomic mass is 35.5. The molecule has 0 saturated carbocycles. The molecular formula is C12H16ClN3S. The molecule has 0 fully saturated rings. The van der Waals surface area contributed by atoms with Gasteiger partial charge < -0.3 is 5.32 Å². The van der Waals surface area contributed by atoms with Crippen LogP contribution in [0.2, 0.25) is 5.02 Å². The van der Waals surface area contributed by atoms with Gasteiger partial charge in [0.25, 0.3) is 0 Å². The molecule has 0 aliphatic carbocycles. The van der Waals surface area contributed by atoms with Crippen molar-refractivity contribution in [3.05, 3.63) is 38.8 Å². The molecule has 0 saturated heterocycles. The van der Waals surface area contributed by atoms with Gasteiger partial charge in [-0.1, -0.05) is 18.5 Å². The van der Waals surface area contributed by atoms with Gasteiger partial charge in [-0.2, -0.15) is 5.10 Å². The largest absolute Gasteiger partial charge is 0.305 e. The maximum atomic E-state index is 6.35. The smallest absolute Gasteiger partial charge is 0.0856 e. The number of aryl methyl sites for hydroxylation is 2. The number of thiophene rings is 1. The minimum Gasteiger partial charge on any atom is -0.305 e. The number of rotatable bonds is 4. The molecule has 2 heterocycles. The van der Waals surface area contributed by atoms with E-state index in [0.29, 0.717) is 0 Å². The molecule has 0 aliphatic rings. The normalized spacial score (nSPS) is 12.9. The van der Waals surface area contributed by atoms with Crippen LogP contribution in [0.3, 0.4) is 0 Å². The van der Waals surface area contributed by atoms with Gasteiger partial charge >= 0.3 is 0 Å². The van der Waals surface area contributed by atoms with Gasteiger partial charge in [0.1, 0.15) is 0 Å². The van der Waals surface area contributed by atoms with Gasteiger partial charge in [-0.3, -0.25) is 4.68 Å². The zero-order valence-electron chi connectivity index (χ0n) is 10.2. The number of aromatic nitrogens is 2. The summed E-state index contributed by atoms with van der Waals surface area (Å²) in [5, 5.41) is 10.6. The Morgan fingerprint density at radius 2 is 2.35 bits per heavy atom. The summed E-state index contributed by atoms with van der Waals surface area (Å²) in [7, 11) is 1.95. The van der Waals surface area contributed by atoms with Gasteiger partial charge in [0.05, 0.1) is 16.8 Å². The molecule has 1 atom stereocenters. The monoisotopic (exact) mass is 269 g/mol. The first-order chi connectivity index (χ1) is 8.15. The highest BCUT2D eigenvalue weighted by molar-refractivity contribution is 7.10. The van der Waals surface area contributed by atoms with E-state index < -0.39 is 0 Å². The summed E-state index contributed by atoms with van der Waals surface area (Å²) in [6.45, 7) is 5.02. The second-order valence-corrected chi connectivity index (χ2v) is 5.26. The molecule has 17 heavy (non-hydrogen) atoms. The SMILES string of the molecule is CCNC(c1scc(C)c1Cl)c1ccnn1C. The van der Waals surface area contributed by atoms with Crippen LogP contribution in [0.15, 0.2) is 17.6 Å². The molecule has 0 aromatic carbocycles. The van der Waals surface area contributed by atoms with Gasteiger partial charge in [0, 0.05) is 18.1 Å². The second-order valence-electron chi connectivity index (χ2n) is 3.97.